The van der Waals surface area contributed by atoms with Crippen molar-refractivity contribution in [1.29, 1.82) is 0 Å². The van der Waals surface area contributed by atoms with Crippen LogP contribution in [0.3, 0.4) is 0 Å². The van der Waals surface area contributed by atoms with Crippen LogP contribution in [-0.4, -0.2) is 59.2 Å². The van der Waals surface area contributed by atoms with Gasteiger partial charge in [-0.2, -0.15) is 4.36 Å². The van der Waals surface area contributed by atoms with Crippen molar-refractivity contribution in [3.63, 3.8) is 0 Å². The highest BCUT2D eigenvalue weighted by atomic mass is 32.2. The Balaban J connectivity index is 1.70. The summed E-state index contributed by atoms with van der Waals surface area (Å²) in [6, 6.07) is 8.19. The second-order valence-electron chi connectivity index (χ2n) is 8.07. The predicted molar refractivity (Wildman–Crippen MR) is 122 cm³/mol. The summed E-state index contributed by atoms with van der Waals surface area (Å²) < 4.78 is 47.5. The molecule has 1 aromatic heterocycles. The second kappa shape index (κ2) is 9.48. The molecule has 4 rings (SSSR count). The van der Waals surface area contributed by atoms with Gasteiger partial charge in [-0.05, 0) is 30.7 Å². The zero-order valence-corrected chi connectivity index (χ0v) is 19.2. The Bertz CT molecular complexity index is 1240. The van der Waals surface area contributed by atoms with Crippen LogP contribution in [0.4, 0.5) is 10.1 Å². The minimum atomic E-state index is -2.29. The van der Waals surface area contributed by atoms with Crippen molar-refractivity contribution in [3.8, 4) is 5.75 Å². The molecule has 32 heavy (non-hydrogen) atoms. The van der Waals surface area contributed by atoms with Crippen LogP contribution in [-0.2, 0) is 25.6 Å². The lowest BCUT2D eigenvalue weighted by molar-refractivity contribution is 0.0590. The van der Waals surface area contributed by atoms with E-state index in [1.165, 1.54) is 18.5 Å². The zero-order valence-electron chi connectivity index (χ0n) is 18.3. The van der Waals surface area contributed by atoms with Crippen molar-refractivity contribution < 1.29 is 22.8 Å². The van der Waals surface area contributed by atoms with Gasteiger partial charge in [0, 0.05) is 45.7 Å². The van der Waals surface area contributed by atoms with E-state index in [-0.39, 0.29) is 11.9 Å². The fraction of sp³-hybridized carbons (Fsp3) is 0.391. The van der Waals surface area contributed by atoms with Crippen LogP contribution in [0.15, 0.2) is 41.0 Å². The molecule has 0 saturated carbocycles. The minimum absolute atomic E-state index is 0.316. The predicted octanol–water partition coefficient (Wildman–Crippen LogP) is 3.82. The molecule has 2 aromatic carbocycles. The number of aromatic nitrogens is 2. The van der Waals surface area contributed by atoms with Crippen LogP contribution in [0.25, 0.3) is 10.9 Å². The summed E-state index contributed by atoms with van der Waals surface area (Å²) in [5.74, 6) is 0.0637. The molecular formula is C23H26FN3O4S. The van der Waals surface area contributed by atoms with E-state index in [0.29, 0.717) is 49.8 Å². The first-order valence-electron chi connectivity index (χ1n) is 10.3. The number of rotatable bonds is 5. The molecule has 0 unspecified atom stereocenters. The first-order chi connectivity index (χ1) is 15.3. The van der Waals surface area contributed by atoms with Gasteiger partial charge in [-0.3, -0.25) is 0 Å². The molecule has 170 valence electrons. The van der Waals surface area contributed by atoms with E-state index in [1.54, 1.807) is 18.6 Å². The Morgan fingerprint density at radius 1 is 1.16 bits per heavy atom. The maximum absolute atomic E-state index is 14.0. The summed E-state index contributed by atoms with van der Waals surface area (Å²) in [4.78, 5) is 8.88. The quantitative estimate of drug-likeness (QED) is 0.577. The van der Waals surface area contributed by atoms with E-state index in [0.717, 1.165) is 22.2 Å². The lowest BCUT2D eigenvalue weighted by atomic mass is 10.0. The number of benzene rings is 2. The van der Waals surface area contributed by atoms with Crippen LogP contribution in [0.5, 0.6) is 5.75 Å². The minimum Gasteiger partial charge on any atom is -0.485 e. The van der Waals surface area contributed by atoms with Gasteiger partial charge in [0.15, 0.2) is 0 Å². The number of hydrogen-bond donors (Lipinski definition) is 0. The normalized spacial score (nSPS) is 15.5. The number of fused-ring (bicyclic) bond motifs is 1. The van der Waals surface area contributed by atoms with E-state index < -0.39 is 9.73 Å². The molecule has 3 aromatic rings. The lowest BCUT2D eigenvalue weighted by Gasteiger charge is -2.19. The molecule has 0 N–H and O–H groups in total. The third-order valence-corrected chi connectivity index (χ3v) is 5.63. The van der Waals surface area contributed by atoms with Gasteiger partial charge < -0.3 is 14.2 Å². The van der Waals surface area contributed by atoms with E-state index >= 15 is 0 Å². The van der Waals surface area contributed by atoms with Crippen molar-refractivity contribution in [2.75, 3.05) is 38.9 Å². The van der Waals surface area contributed by atoms with Gasteiger partial charge in [-0.15, -0.1) is 0 Å². The smallest absolute Gasteiger partial charge is 0.145 e. The fourth-order valence-corrected chi connectivity index (χ4v) is 4.31. The molecule has 2 heterocycles. The highest BCUT2D eigenvalue weighted by Crippen LogP contribution is 2.30. The summed E-state index contributed by atoms with van der Waals surface area (Å²) in [6.07, 6.45) is 4.80. The third-order valence-electron chi connectivity index (χ3n) is 4.98. The molecule has 0 radical (unpaired) electrons. The second-order valence-corrected chi connectivity index (χ2v) is 10.6. The van der Waals surface area contributed by atoms with Gasteiger partial charge in [-0.1, -0.05) is 6.07 Å². The van der Waals surface area contributed by atoms with Crippen LogP contribution < -0.4 is 4.74 Å². The van der Waals surface area contributed by atoms with E-state index in [4.69, 9.17) is 14.2 Å². The average molecular weight is 460 g/mol. The Labute approximate surface area is 187 Å². The van der Waals surface area contributed by atoms with Crippen molar-refractivity contribution in [2.45, 2.75) is 19.4 Å². The molecule has 0 bridgehead atoms. The number of aryl methyl sites for hydroxylation is 1. The van der Waals surface area contributed by atoms with E-state index in [2.05, 4.69) is 14.3 Å². The maximum atomic E-state index is 14.0. The first-order valence-corrected chi connectivity index (χ1v) is 12.6. The maximum Gasteiger partial charge on any atom is 0.145 e. The molecule has 1 aliphatic heterocycles. The summed E-state index contributed by atoms with van der Waals surface area (Å²) >= 11 is 0. The van der Waals surface area contributed by atoms with Crippen LogP contribution in [0.2, 0.25) is 0 Å². The van der Waals surface area contributed by atoms with E-state index in [9.17, 15) is 8.60 Å². The van der Waals surface area contributed by atoms with Gasteiger partial charge >= 0.3 is 0 Å². The molecular weight excluding hydrogens is 433 g/mol. The largest absolute Gasteiger partial charge is 0.485 e. The van der Waals surface area contributed by atoms with Crippen LogP contribution in [0.1, 0.15) is 16.8 Å². The molecule has 0 spiro atoms. The highest BCUT2D eigenvalue weighted by Gasteiger charge is 2.18. The summed E-state index contributed by atoms with van der Waals surface area (Å²) in [6.45, 7) is 3.75. The zero-order chi connectivity index (χ0) is 22.7. The SMILES string of the molecule is Cc1cc(N=S(C)(C)=O)cc2ncnc(Cc3ccc(F)cc3OC3COCCOC3)c12. The monoisotopic (exact) mass is 459 g/mol. The Morgan fingerprint density at radius 2 is 1.91 bits per heavy atom. The highest BCUT2D eigenvalue weighted by molar-refractivity contribution is 7.92. The molecule has 1 fully saturated rings. The van der Waals surface area contributed by atoms with Crippen LogP contribution >= 0.6 is 0 Å². The summed E-state index contributed by atoms with van der Waals surface area (Å²) in [5.41, 5.74) is 3.85. The topological polar surface area (TPSA) is 82.9 Å². The average Bonchev–Trinajstić information content (AvgIpc) is 2.97. The standard InChI is InChI=1S/C23H26FN3O4S/c1-15-8-18(27-32(2,3)28)11-21-23(15)20(25-14-26-21)9-16-4-5-17(24)10-22(16)31-19-12-29-6-7-30-13-19/h4-5,8,10-11,14,19H,6-7,9,12-13H2,1-3H3. The van der Waals surface area contributed by atoms with Gasteiger partial charge in [-0.25, -0.2) is 18.6 Å². The Morgan fingerprint density at radius 3 is 2.62 bits per heavy atom. The first kappa shape index (κ1) is 22.6. The number of hydrogen-bond acceptors (Lipinski definition) is 7. The van der Waals surface area contributed by atoms with E-state index in [1.807, 2.05) is 19.1 Å². The molecule has 1 saturated heterocycles. The van der Waals surface area contributed by atoms with Gasteiger partial charge in [0.05, 0.1) is 43.3 Å². The van der Waals surface area contributed by atoms with Gasteiger partial charge in [0.1, 0.15) is 24.0 Å². The Kier molecular flexibility index (Phi) is 6.68. The molecule has 0 atom stereocenters. The molecule has 7 nitrogen and oxygen atoms in total. The molecule has 0 aliphatic carbocycles. The summed E-state index contributed by atoms with van der Waals surface area (Å²) in [7, 11) is -2.29. The van der Waals surface area contributed by atoms with Crippen molar-refractivity contribution in [3.05, 3.63) is 59.3 Å². The van der Waals surface area contributed by atoms with Crippen LogP contribution in [0, 0.1) is 12.7 Å². The number of halogens is 1. The fourth-order valence-electron chi connectivity index (χ4n) is 3.70. The van der Waals surface area contributed by atoms with Crippen molar-refractivity contribution >= 4 is 26.3 Å². The van der Waals surface area contributed by atoms with Gasteiger partial charge in [0.2, 0.25) is 0 Å². The Hall–Kier alpha value is -2.62. The molecule has 9 heteroatoms. The van der Waals surface area contributed by atoms with Crippen molar-refractivity contribution in [1.82, 2.24) is 9.97 Å². The van der Waals surface area contributed by atoms with Gasteiger partial charge in [0.25, 0.3) is 0 Å². The lowest BCUT2D eigenvalue weighted by Crippen LogP contribution is -2.26. The van der Waals surface area contributed by atoms with Crippen molar-refractivity contribution in [2.24, 2.45) is 4.36 Å². The molecule has 1 aliphatic rings. The summed E-state index contributed by atoms with van der Waals surface area (Å²) in [5, 5.41) is 0.890. The number of ether oxygens (including phenoxy) is 3. The number of nitrogens with zero attached hydrogens (tertiary/aromatic N) is 3. The third kappa shape index (κ3) is 5.59. The molecule has 0 amide bonds.